The van der Waals surface area contributed by atoms with Gasteiger partial charge in [-0.25, -0.2) is 4.39 Å². The lowest BCUT2D eigenvalue weighted by molar-refractivity contribution is 0.0731. The van der Waals surface area contributed by atoms with Crippen molar-refractivity contribution in [1.82, 2.24) is 4.90 Å². The smallest absolute Gasteiger partial charge is 0.165 e. The fourth-order valence-electron chi connectivity index (χ4n) is 3.05. The second-order valence-corrected chi connectivity index (χ2v) is 6.48. The molecule has 1 aliphatic heterocycles. The van der Waals surface area contributed by atoms with E-state index in [4.69, 9.17) is 10.5 Å². The van der Waals surface area contributed by atoms with Crippen LogP contribution in [0.2, 0.25) is 0 Å². The van der Waals surface area contributed by atoms with E-state index in [0.29, 0.717) is 6.42 Å². The molecule has 1 aromatic carbocycles. The minimum absolute atomic E-state index is 0.0246. The van der Waals surface area contributed by atoms with Gasteiger partial charge in [-0.2, -0.15) is 0 Å². The standard InChI is InChI=1S/C17H27FN2O/c1-17(2,20-9-5-4-6-10-20)16(19)12-13-7-8-15(21-3)14(18)11-13/h7-8,11,16H,4-6,9-10,12,19H2,1-3H3. The van der Waals surface area contributed by atoms with Crippen LogP contribution in [0, 0.1) is 5.82 Å². The first-order valence-corrected chi connectivity index (χ1v) is 7.78. The highest BCUT2D eigenvalue weighted by molar-refractivity contribution is 5.30. The molecule has 0 radical (unpaired) electrons. The summed E-state index contributed by atoms with van der Waals surface area (Å²) in [5, 5.41) is 0. The largest absolute Gasteiger partial charge is 0.494 e. The Labute approximate surface area is 127 Å². The van der Waals surface area contributed by atoms with Crippen LogP contribution >= 0.6 is 0 Å². The summed E-state index contributed by atoms with van der Waals surface area (Å²) < 4.78 is 18.7. The number of benzene rings is 1. The average molecular weight is 294 g/mol. The van der Waals surface area contributed by atoms with Crippen molar-refractivity contribution in [2.45, 2.75) is 51.1 Å². The topological polar surface area (TPSA) is 38.5 Å². The van der Waals surface area contributed by atoms with Crippen LogP contribution in [0.3, 0.4) is 0 Å². The SMILES string of the molecule is COc1ccc(CC(N)C(C)(C)N2CCCCC2)cc1F. The summed E-state index contributed by atoms with van der Waals surface area (Å²) in [6, 6.07) is 5.08. The first-order valence-electron chi connectivity index (χ1n) is 7.78. The van der Waals surface area contributed by atoms with E-state index < -0.39 is 0 Å². The van der Waals surface area contributed by atoms with Crippen LogP contribution in [0.25, 0.3) is 0 Å². The van der Waals surface area contributed by atoms with E-state index in [9.17, 15) is 4.39 Å². The number of hydrogen-bond donors (Lipinski definition) is 1. The van der Waals surface area contributed by atoms with Crippen LogP contribution in [0.1, 0.15) is 38.7 Å². The predicted octanol–water partition coefficient (Wildman–Crippen LogP) is 2.97. The van der Waals surface area contributed by atoms with Crippen LogP contribution < -0.4 is 10.5 Å². The molecule has 1 unspecified atom stereocenters. The van der Waals surface area contributed by atoms with E-state index in [0.717, 1.165) is 18.7 Å². The first kappa shape index (κ1) is 16.2. The van der Waals surface area contributed by atoms with Crippen molar-refractivity contribution >= 4 is 0 Å². The molecular weight excluding hydrogens is 267 g/mol. The molecule has 1 aromatic rings. The Kier molecular flexibility index (Phi) is 5.22. The van der Waals surface area contributed by atoms with Gasteiger partial charge >= 0.3 is 0 Å². The quantitative estimate of drug-likeness (QED) is 0.907. The fourth-order valence-corrected chi connectivity index (χ4v) is 3.05. The van der Waals surface area contributed by atoms with E-state index in [1.165, 1.54) is 32.4 Å². The van der Waals surface area contributed by atoms with Crippen LogP contribution in [0.15, 0.2) is 18.2 Å². The van der Waals surface area contributed by atoms with E-state index in [1.807, 2.05) is 6.07 Å². The summed E-state index contributed by atoms with van der Waals surface area (Å²) >= 11 is 0. The van der Waals surface area contributed by atoms with Gasteiger partial charge in [0, 0.05) is 11.6 Å². The van der Waals surface area contributed by atoms with E-state index in [-0.39, 0.29) is 23.1 Å². The zero-order chi connectivity index (χ0) is 15.5. The third-order valence-electron chi connectivity index (χ3n) is 4.75. The van der Waals surface area contributed by atoms with Gasteiger partial charge in [-0.05, 0) is 63.9 Å². The number of hydrogen-bond acceptors (Lipinski definition) is 3. The third-order valence-corrected chi connectivity index (χ3v) is 4.75. The summed E-state index contributed by atoms with van der Waals surface area (Å²) in [7, 11) is 1.48. The lowest BCUT2D eigenvalue weighted by Gasteiger charge is -2.44. The Morgan fingerprint density at radius 1 is 1.29 bits per heavy atom. The van der Waals surface area contributed by atoms with Gasteiger partial charge in [-0.1, -0.05) is 12.5 Å². The van der Waals surface area contributed by atoms with Crippen molar-refractivity contribution in [2.75, 3.05) is 20.2 Å². The van der Waals surface area contributed by atoms with E-state index >= 15 is 0 Å². The van der Waals surface area contributed by atoms with Crippen LogP contribution in [0.5, 0.6) is 5.75 Å². The van der Waals surface area contributed by atoms with Gasteiger partial charge in [0.15, 0.2) is 11.6 Å². The third kappa shape index (κ3) is 3.74. The molecule has 118 valence electrons. The van der Waals surface area contributed by atoms with Gasteiger partial charge in [0.1, 0.15) is 0 Å². The molecule has 0 saturated carbocycles. The normalized spacial score (nSPS) is 18.5. The van der Waals surface area contributed by atoms with Crippen molar-refractivity contribution in [3.8, 4) is 5.75 Å². The molecule has 3 nitrogen and oxygen atoms in total. The summed E-state index contributed by atoms with van der Waals surface area (Å²) in [4.78, 5) is 2.47. The number of halogens is 1. The number of likely N-dealkylation sites (tertiary alicyclic amines) is 1. The Bertz CT molecular complexity index is 470. The van der Waals surface area contributed by atoms with Crippen molar-refractivity contribution < 1.29 is 9.13 Å². The zero-order valence-electron chi connectivity index (χ0n) is 13.4. The predicted molar refractivity (Wildman–Crippen MR) is 84.1 cm³/mol. The molecule has 1 saturated heterocycles. The first-order chi connectivity index (χ1) is 9.95. The highest BCUT2D eigenvalue weighted by atomic mass is 19.1. The van der Waals surface area contributed by atoms with Gasteiger partial charge in [-0.15, -0.1) is 0 Å². The molecule has 0 aliphatic carbocycles. The number of nitrogens with two attached hydrogens (primary N) is 1. The number of ether oxygens (including phenoxy) is 1. The molecular formula is C17H27FN2O. The van der Waals surface area contributed by atoms with Gasteiger partial charge in [0.05, 0.1) is 7.11 Å². The van der Waals surface area contributed by atoms with Gasteiger partial charge < -0.3 is 10.5 Å². The van der Waals surface area contributed by atoms with Crippen molar-refractivity contribution in [1.29, 1.82) is 0 Å². The maximum absolute atomic E-state index is 13.8. The maximum atomic E-state index is 13.8. The van der Waals surface area contributed by atoms with Gasteiger partial charge in [0.25, 0.3) is 0 Å². The maximum Gasteiger partial charge on any atom is 0.165 e. The summed E-state index contributed by atoms with van der Waals surface area (Å²) in [5.41, 5.74) is 7.29. The molecule has 4 heteroatoms. The Balaban J connectivity index is 2.05. The molecule has 1 atom stereocenters. The molecule has 1 heterocycles. The average Bonchev–Trinajstić information content (AvgIpc) is 2.48. The summed E-state index contributed by atoms with van der Waals surface area (Å²) in [6.45, 7) is 6.61. The van der Waals surface area contributed by atoms with E-state index in [1.54, 1.807) is 6.07 Å². The Hall–Kier alpha value is -1.13. The van der Waals surface area contributed by atoms with E-state index in [2.05, 4.69) is 18.7 Å². The lowest BCUT2D eigenvalue weighted by atomic mass is 9.86. The zero-order valence-corrected chi connectivity index (χ0v) is 13.4. The monoisotopic (exact) mass is 294 g/mol. The molecule has 1 aliphatic rings. The molecule has 0 bridgehead atoms. The number of rotatable bonds is 5. The molecule has 0 aromatic heterocycles. The number of piperidine rings is 1. The van der Waals surface area contributed by atoms with Crippen molar-refractivity contribution in [3.63, 3.8) is 0 Å². The Morgan fingerprint density at radius 3 is 2.52 bits per heavy atom. The lowest BCUT2D eigenvalue weighted by Crippen LogP contribution is -2.58. The second-order valence-electron chi connectivity index (χ2n) is 6.48. The number of methoxy groups -OCH3 is 1. The van der Waals surface area contributed by atoms with Gasteiger partial charge in [0.2, 0.25) is 0 Å². The molecule has 0 amide bonds. The minimum Gasteiger partial charge on any atom is -0.494 e. The Morgan fingerprint density at radius 2 is 1.95 bits per heavy atom. The van der Waals surface area contributed by atoms with Crippen LogP contribution in [-0.4, -0.2) is 36.7 Å². The van der Waals surface area contributed by atoms with Crippen LogP contribution in [0.4, 0.5) is 4.39 Å². The molecule has 0 spiro atoms. The van der Waals surface area contributed by atoms with Crippen molar-refractivity contribution in [3.05, 3.63) is 29.6 Å². The minimum atomic E-state index is -0.321. The highest BCUT2D eigenvalue weighted by Crippen LogP contribution is 2.26. The fraction of sp³-hybridized carbons (Fsp3) is 0.647. The molecule has 2 N–H and O–H groups in total. The summed E-state index contributed by atoms with van der Waals surface area (Å²) in [6.07, 6.45) is 4.47. The summed E-state index contributed by atoms with van der Waals surface area (Å²) in [5.74, 6) is -0.0411. The highest BCUT2D eigenvalue weighted by Gasteiger charge is 2.33. The number of nitrogens with zero attached hydrogens (tertiary/aromatic N) is 1. The second kappa shape index (κ2) is 6.75. The van der Waals surface area contributed by atoms with Crippen molar-refractivity contribution in [2.24, 2.45) is 5.73 Å². The molecule has 1 fully saturated rings. The van der Waals surface area contributed by atoms with Crippen LogP contribution in [-0.2, 0) is 6.42 Å². The molecule has 21 heavy (non-hydrogen) atoms. The molecule has 2 rings (SSSR count). The van der Waals surface area contributed by atoms with Gasteiger partial charge in [-0.3, -0.25) is 4.90 Å².